The first-order valence-corrected chi connectivity index (χ1v) is 6.24. The van der Waals surface area contributed by atoms with E-state index in [1.807, 2.05) is 25.1 Å². The normalized spacial score (nSPS) is 12.7. The Morgan fingerprint density at radius 2 is 1.95 bits per heavy atom. The Morgan fingerprint density at radius 1 is 1.16 bits per heavy atom. The first-order valence-electron chi connectivity index (χ1n) is 6.24. The predicted octanol–water partition coefficient (Wildman–Crippen LogP) is 1.89. The molecule has 5 nitrogen and oxygen atoms in total. The summed E-state index contributed by atoms with van der Waals surface area (Å²) in [6.45, 7) is 2.51. The minimum absolute atomic E-state index is 0.176. The summed E-state index contributed by atoms with van der Waals surface area (Å²) in [5.74, 6) is 0.702. The molecule has 1 atom stereocenters. The van der Waals surface area contributed by atoms with Crippen LogP contribution >= 0.6 is 0 Å². The molecule has 2 N–H and O–H groups in total. The Labute approximate surface area is 111 Å². The molecule has 1 heterocycles. The fourth-order valence-electron chi connectivity index (χ4n) is 2.24. The molecule has 5 heteroatoms. The molecule has 96 valence electrons. The number of rotatable bonds is 3. The van der Waals surface area contributed by atoms with Crippen molar-refractivity contribution in [3.63, 3.8) is 0 Å². The molecule has 0 radical (unpaired) electrons. The standard InChI is InChI=1S/C14H15N5/c1-10(15)14-16-17-18-19(14)9-12-7-4-6-11-5-2-3-8-13(11)12/h2-8,10H,9,15H2,1H3. The van der Waals surface area contributed by atoms with Crippen LogP contribution in [-0.4, -0.2) is 20.2 Å². The van der Waals surface area contributed by atoms with Gasteiger partial charge in [0, 0.05) is 0 Å². The van der Waals surface area contributed by atoms with E-state index in [-0.39, 0.29) is 6.04 Å². The summed E-state index contributed by atoms with van der Waals surface area (Å²) < 4.78 is 1.76. The van der Waals surface area contributed by atoms with Gasteiger partial charge in [0.1, 0.15) is 0 Å². The second-order valence-electron chi connectivity index (χ2n) is 4.62. The highest BCUT2D eigenvalue weighted by atomic mass is 15.5. The van der Waals surface area contributed by atoms with Crippen LogP contribution < -0.4 is 5.73 Å². The van der Waals surface area contributed by atoms with E-state index in [0.717, 1.165) is 0 Å². The first kappa shape index (κ1) is 11.8. The molecule has 0 aliphatic heterocycles. The molecule has 1 aromatic heterocycles. The topological polar surface area (TPSA) is 69.6 Å². The SMILES string of the molecule is CC(N)c1nnnn1Cc1cccc2ccccc12. The van der Waals surface area contributed by atoms with Crippen molar-refractivity contribution < 1.29 is 0 Å². The quantitative estimate of drug-likeness (QED) is 0.774. The largest absolute Gasteiger partial charge is 0.322 e. The average molecular weight is 253 g/mol. The molecule has 0 aliphatic carbocycles. The van der Waals surface area contributed by atoms with Gasteiger partial charge in [-0.25, -0.2) is 4.68 Å². The summed E-state index contributed by atoms with van der Waals surface area (Å²) in [5, 5.41) is 14.1. The maximum absolute atomic E-state index is 5.86. The molecule has 0 spiro atoms. The summed E-state index contributed by atoms with van der Waals surface area (Å²) in [4.78, 5) is 0. The molecule has 0 fully saturated rings. The molecule has 0 bridgehead atoms. The molecule has 1 unspecified atom stereocenters. The lowest BCUT2D eigenvalue weighted by Gasteiger charge is -2.09. The minimum atomic E-state index is -0.176. The van der Waals surface area contributed by atoms with E-state index in [9.17, 15) is 0 Å². The number of nitrogens with zero attached hydrogens (tertiary/aromatic N) is 4. The third kappa shape index (κ3) is 2.20. The Hall–Kier alpha value is -2.27. The molecule has 19 heavy (non-hydrogen) atoms. The van der Waals surface area contributed by atoms with Crippen LogP contribution in [0.5, 0.6) is 0 Å². The van der Waals surface area contributed by atoms with E-state index in [4.69, 9.17) is 5.73 Å². The number of tetrazole rings is 1. The van der Waals surface area contributed by atoms with Crippen molar-refractivity contribution in [2.75, 3.05) is 0 Å². The van der Waals surface area contributed by atoms with Gasteiger partial charge in [-0.05, 0) is 33.7 Å². The molecule has 0 saturated heterocycles. The number of nitrogens with two attached hydrogens (primary N) is 1. The van der Waals surface area contributed by atoms with Gasteiger partial charge in [-0.15, -0.1) is 5.10 Å². The smallest absolute Gasteiger partial charge is 0.168 e. The predicted molar refractivity (Wildman–Crippen MR) is 73.5 cm³/mol. The lowest BCUT2D eigenvalue weighted by atomic mass is 10.0. The van der Waals surface area contributed by atoms with Crippen LogP contribution in [0, 0.1) is 0 Å². The van der Waals surface area contributed by atoms with E-state index < -0.39 is 0 Å². The second kappa shape index (κ2) is 4.78. The lowest BCUT2D eigenvalue weighted by molar-refractivity contribution is 0.589. The lowest BCUT2D eigenvalue weighted by Crippen LogP contribution is -2.15. The van der Waals surface area contributed by atoms with Gasteiger partial charge < -0.3 is 5.73 Å². The Bertz CT molecular complexity index is 696. The average Bonchev–Trinajstić information content (AvgIpc) is 2.87. The zero-order valence-electron chi connectivity index (χ0n) is 10.7. The first-order chi connectivity index (χ1) is 9.25. The third-order valence-electron chi connectivity index (χ3n) is 3.17. The minimum Gasteiger partial charge on any atom is -0.322 e. The highest BCUT2D eigenvalue weighted by molar-refractivity contribution is 5.85. The van der Waals surface area contributed by atoms with Crippen LogP contribution in [0.3, 0.4) is 0 Å². The van der Waals surface area contributed by atoms with Crippen molar-refractivity contribution in [2.24, 2.45) is 5.73 Å². The van der Waals surface area contributed by atoms with Gasteiger partial charge in [-0.1, -0.05) is 42.5 Å². The van der Waals surface area contributed by atoms with Crippen molar-refractivity contribution in [1.29, 1.82) is 0 Å². The molecule has 2 aromatic carbocycles. The summed E-state index contributed by atoms with van der Waals surface area (Å²) >= 11 is 0. The van der Waals surface area contributed by atoms with Crippen LogP contribution in [0.25, 0.3) is 10.8 Å². The zero-order chi connectivity index (χ0) is 13.2. The number of fused-ring (bicyclic) bond motifs is 1. The van der Waals surface area contributed by atoms with E-state index in [1.54, 1.807) is 4.68 Å². The molecule has 3 aromatic rings. The fraction of sp³-hybridized carbons (Fsp3) is 0.214. The highest BCUT2D eigenvalue weighted by Gasteiger charge is 2.11. The second-order valence-corrected chi connectivity index (χ2v) is 4.62. The van der Waals surface area contributed by atoms with E-state index in [0.29, 0.717) is 12.4 Å². The molecule has 0 saturated carbocycles. The number of hydrogen-bond acceptors (Lipinski definition) is 4. The van der Waals surface area contributed by atoms with Crippen molar-refractivity contribution in [3.8, 4) is 0 Å². The Kier molecular flexibility index (Phi) is 2.97. The van der Waals surface area contributed by atoms with Crippen LogP contribution in [0.4, 0.5) is 0 Å². The third-order valence-corrected chi connectivity index (χ3v) is 3.17. The van der Waals surface area contributed by atoms with Gasteiger partial charge in [0.2, 0.25) is 0 Å². The summed E-state index contributed by atoms with van der Waals surface area (Å²) in [5.41, 5.74) is 7.05. The molecular formula is C14H15N5. The zero-order valence-corrected chi connectivity index (χ0v) is 10.7. The monoisotopic (exact) mass is 253 g/mol. The number of benzene rings is 2. The van der Waals surface area contributed by atoms with Gasteiger partial charge in [-0.2, -0.15) is 0 Å². The fourth-order valence-corrected chi connectivity index (χ4v) is 2.24. The van der Waals surface area contributed by atoms with Crippen LogP contribution in [0.2, 0.25) is 0 Å². The van der Waals surface area contributed by atoms with Gasteiger partial charge in [0.25, 0.3) is 0 Å². The Balaban J connectivity index is 2.04. The molecular weight excluding hydrogens is 238 g/mol. The Morgan fingerprint density at radius 3 is 2.79 bits per heavy atom. The number of aromatic nitrogens is 4. The van der Waals surface area contributed by atoms with Crippen LogP contribution in [0.1, 0.15) is 24.4 Å². The maximum atomic E-state index is 5.86. The van der Waals surface area contributed by atoms with Crippen LogP contribution in [0.15, 0.2) is 42.5 Å². The van der Waals surface area contributed by atoms with Gasteiger partial charge >= 0.3 is 0 Å². The van der Waals surface area contributed by atoms with Gasteiger partial charge in [-0.3, -0.25) is 0 Å². The van der Waals surface area contributed by atoms with E-state index >= 15 is 0 Å². The highest BCUT2D eigenvalue weighted by Crippen LogP contribution is 2.19. The maximum Gasteiger partial charge on any atom is 0.168 e. The van der Waals surface area contributed by atoms with Crippen molar-refractivity contribution in [1.82, 2.24) is 20.2 Å². The summed E-state index contributed by atoms with van der Waals surface area (Å²) in [6, 6.07) is 14.4. The van der Waals surface area contributed by atoms with Gasteiger partial charge in [0.15, 0.2) is 5.82 Å². The molecule has 0 amide bonds. The van der Waals surface area contributed by atoms with Gasteiger partial charge in [0.05, 0.1) is 12.6 Å². The van der Waals surface area contributed by atoms with Crippen LogP contribution in [-0.2, 0) is 6.54 Å². The number of hydrogen-bond donors (Lipinski definition) is 1. The van der Waals surface area contributed by atoms with Crippen molar-refractivity contribution in [2.45, 2.75) is 19.5 Å². The van der Waals surface area contributed by atoms with Crippen molar-refractivity contribution in [3.05, 3.63) is 53.9 Å². The van der Waals surface area contributed by atoms with Crippen molar-refractivity contribution >= 4 is 10.8 Å². The van der Waals surface area contributed by atoms with E-state index in [1.165, 1.54) is 16.3 Å². The molecule has 0 aliphatic rings. The summed E-state index contributed by atoms with van der Waals surface area (Å²) in [6.07, 6.45) is 0. The van der Waals surface area contributed by atoms with E-state index in [2.05, 4.69) is 39.8 Å². The molecule has 3 rings (SSSR count). The summed E-state index contributed by atoms with van der Waals surface area (Å²) in [7, 11) is 0.